The first-order valence-corrected chi connectivity index (χ1v) is 9.70. The molecule has 0 amide bonds. The number of rotatable bonds is 6. The highest BCUT2D eigenvalue weighted by Gasteiger charge is 2.06. The molecule has 1 atom stereocenters. The van der Waals surface area contributed by atoms with Crippen molar-refractivity contribution >= 4 is 8.07 Å². The topological polar surface area (TPSA) is 0 Å². The summed E-state index contributed by atoms with van der Waals surface area (Å²) >= 11 is 0. The van der Waals surface area contributed by atoms with Crippen LogP contribution in [0.25, 0.3) is 0 Å². The maximum absolute atomic E-state index is 2.46. The quantitative estimate of drug-likeness (QED) is 0.430. The molecule has 88 valence electrons. The molecule has 0 bridgehead atoms. The van der Waals surface area contributed by atoms with Crippen molar-refractivity contribution in [2.75, 3.05) is 0 Å². The lowest BCUT2D eigenvalue weighted by Crippen LogP contribution is -2.15. The average molecular weight is 224 g/mol. The molecule has 1 unspecified atom stereocenters. The zero-order valence-electron chi connectivity index (χ0n) is 11.4. The fourth-order valence-electron chi connectivity index (χ4n) is 1.43. The highest BCUT2D eigenvalue weighted by Crippen LogP contribution is 2.13. The largest absolute Gasteiger partial charge is 0.0989 e. The molecule has 15 heavy (non-hydrogen) atoms. The van der Waals surface area contributed by atoms with Crippen molar-refractivity contribution < 1.29 is 0 Å². The first-order chi connectivity index (χ1) is 6.81. The summed E-state index contributed by atoms with van der Waals surface area (Å²) in [5, 5.41) is 0. The summed E-state index contributed by atoms with van der Waals surface area (Å²) in [5.74, 6) is 0.827. The molecular weight excluding hydrogens is 196 g/mol. The van der Waals surface area contributed by atoms with Gasteiger partial charge in [0.1, 0.15) is 0 Å². The third-order valence-corrected chi connectivity index (χ3v) is 3.60. The van der Waals surface area contributed by atoms with Crippen molar-refractivity contribution in [2.24, 2.45) is 5.92 Å². The molecule has 0 aromatic rings. The Bertz CT molecular complexity index is 214. The molecule has 0 heterocycles. The van der Waals surface area contributed by atoms with Crippen molar-refractivity contribution in [3.63, 3.8) is 0 Å². The molecular formula is C14H28Si. The SMILES string of the molecule is CC(C)=CCCC(C)C/C=C\[Si](C)(C)C. The molecule has 0 fully saturated rings. The Labute approximate surface area is 97.5 Å². The van der Waals surface area contributed by atoms with Gasteiger partial charge in [-0.05, 0) is 39.0 Å². The molecule has 0 N–H and O–H groups in total. The van der Waals surface area contributed by atoms with E-state index in [2.05, 4.69) is 58.3 Å². The zero-order chi connectivity index (χ0) is 11.9. The van der Waals surface area contributed by atoms with Crippen LogP contribution in [0, 0.1) is 5.92 Å². The van der Waals surface area contributed by atoms with Crippen LogP contribution < -0.4 is 0 Å². The maximum atomic E-state index is 2.46. The van der Waals surface area contributed by atoms with Gasteiger partial charge in [-0.3, -0.25) is 0 Å². The Hall–Kier alpha value is -0.303. The number of hydrogen-bond acceptors (Lipinski definition) is 0. The van der Waals surface area contributed by atoms with Crippen LogP contribution in [0.5, 0.6) is 0 Å². The van der Waals surface area contributed by atoms with E-state index in [0.717, 1.165) is 5.92 Å². The molecule has 0 aromatic heterocycles. The molecule has 0 saturated heterocycles. The lowest BCUT2D eigenvalue weighted by molar-refractivity contribution is 0.546. The van der Waals surface area contributed by atoms with E-state index in [0.29, 0.717) is 0 Å². The van der Waals surface area contributed by atoms with Crippen LogP contribution in [-0.2, 0) is 0 Å². The van der Waals surface area contributed by atoms with Crippen molar-refractivity contribution in [3.05, 3.63) is 23.4 Å². The zero-order valence-corrected chi connectivity index (χ0v) is 12.4. The summed E-state index contributed by atoms with van der Waals surface area (Å²) in [6.45, 7) is 13.9. The standard InChI is InChI=1S/C14H28Si/c1-13(2)9-7-10-14(3)11-8-12-15(4,5)6/h8-9,12,14H,7,10-11H2,1-6H3/b12-8-. The predicted octanol–water partition coefficient (Wildman–Crippen LogP) is 5.19. The highest BCUT2D eigenvalue weighted by molar-refractivity contribution is 6.80. The minimum absolute atomic E-state index is 0.827. The van der Waals surface area contributed by atoms with E-state index in [-0.39, 0.29) is 0 Å². The fraction of sp³-hybridized carbons (Fsp3) is 0.714. The minimum atomic E-state index is -0.966. The van der Waals surface area contributed by atoms with Crippen molar-refractivity contribution in [1.82, 2.24) is 0 Å². The van der Waals surface area contributed by atoms with E-state index in [4.69, 9.17) is 0 Å². The van der Waals surface area contributed by atoms with Crippen LogP contribution in [0.2, 0.25) is 19.6 Å². The average Bonchev–Trinajstić information content (AvgIpc) is 2.00. The minimum Gasteiger partial charge on any atom is -0.0989 e. The predicted molar refractivity (Wildman–Crippen MR) is 74.9 cm³/mol. The second-order valence-electron chi connectivity index (χ2n) is 5.97. The van der Waals surface area contributed by atoms with Crippen LogP contribution in [0.4, 0.5) is 0 Å². The number of hydrogen-bond donors (Lipinski definition) is 0. The van der Waals surface area contributed by atoms with Gasteiger partial charge in [-0.15, -0.1) is 0 Å². The Balaban J connectivity index is 3.71. The summed E-state index contributed by atoms with van der Waals surface area (Å²) in [4.78, 5) is 0. The second kappa shape index (κ2) is 7.05. The smallest absolute Gasteiger partial charge is 0.0682 e. The van der Waals surface area contributed by atoms with Gasteiger partial charge in [0.05, 0.1) is 8.07 Å². The van der Waals surface area contributed by atoms with Gasteiger partial charge in [-0.2, -0.15) is 0 Å². The summed E-state index contributed by atoms with van der Waals surface area (Å²) in [5.41, 5.74) is 3.91. The van der Waals surface area contributed by atoms with Crippen LogP contribution >= 0.6 is 0 Å². The van der Waals surface area contributed by atoms with E-state index >= 15 is 0 Å². The Morgan fingerprint density at radius 1 is 1.20 bits per heavy atom. The van der Waals surface area contributed by atoms with Crippen molar-refractivity contribution in [3.8, 4) is 0 Å². The van der Waals surface area contributed by atoms with Gasteiger partial charge in [-0.25, -0.2) is 0 Å². The van der Waals surface area contributed by atoms with Crippen LogP contribution in [0.15, 0.2) is 23.4 Å². The van der Waals surface area contributed by atoms with E-state index in [9.17, 15) is 0 Å². The maximum Gasteiger partial charge on any atom is 0.0682 e. The van der Waals surface area contributed by atoms with Crippen molar-refractivity contribution in [2.45, 2.75) is 59.7 Å². The highest BCUT2D eigenvalue weighted by atomic mass is 28.3. The Morgan fingerprint density at radius 3 is 2.27 bits per heavy atom. The van der Waals surface area contributed by atoms with Crippen LogP contribution in [0.3, 0.4) is 0 Å². The lowest BCUT2D eigenvalue weighted by atomic mass is 10.0. The Kier molecular flexibility index (Phi) is 6.91. The third-order valence-electron chi connectivity index (χ3n) is 2.37. The van der Waals surface area contributed by atoms with Gasteiger partial charge in [-0.1, -0.05) is 50.0 Å². The molecule has 0 aliphatic rings. The van der Waals surface area contributed by atoms with Gasteiger partial charge in [0.25, 0.3) is 0 Å². The normalized spacial score (nSPS) is 14.3. The van der Waals surface area contributed by atoms with Crippen molar-refractivity contribution in [1.29, 1.82) is 0 Å². The summed E-state index contributed by atoms with van der Waals surface area (Å²) in [6.07, 6.45) is 8.56. The van der Waals surface area contributed by atoms with E-state index in [1.54, 1.807) is 0 Å². The summed E-state index contributed by atoms with van der Waals surface area (Å²) < 4.78 is 0. The van der Waals surface area contributed by atoms with Gasteiger partial charge in [0, 0.05) is 0 Å². The first-order valence-electron chi connectivity index (χ1n) is 6.12. The van der Waals surface area contributed by atoms with Crippen LogP contribution in [0.1, 0.15) is 40.0 Å². The molecule has 0 nitrogen and oxygen atoms in total. The summed E-state index contributed by atoms with van der Waals surface area (Å²) in [7, 11) is -0.966. The molecule has 1 heteroatoms. The van der Waals surface area contributed by atoms with Gasteiger partial charge in [0.15, 0.2) is 0 Å². The molecule has 0 spiro atoms. The molecule has 0 saturated carbocycles. The number of allylic oxidation sites excluding steroid dienone is 3. The summed E-state index contributed by atoms with van der Waals surface area (Å²) in [6, 6.07) is 0. The molecule has 0 radical (unpaired) electrons. The Morgan fingerprint density at radius 2 is 1.80 bits per heavy atom. The lowest BCUT2D eigenvalue weighted by Gasteiger charge is -2.10. The van der Waals surface area contributed by atoms with Gasteiger partial charge in [0.2, 0.25) is 0 Å². The van der Waals surface area contributed by atoms with Gasteiger partial charge < -0.3 is 0 Å². The first kappa shape index (κ1) is 14.7. The monoisotopic (exact) mass is 224 g/mol. The second-order valence-corrected chi connectivity index (χ2v) is 11.0. The molecule has 0 aliphatic carbocycles. The van der Waals surface area contributed by atoms with Gasteiger partial charge >= 0.3 is 0 Å². The molecule has 0 aliphatic heterocycles. The van der Waals surface area contributed by atoms with E-state index in [1.165, 1.54) is 24.8 Å². The molecule has 0 aromatic carbocycles. The van der Waals surface area contributed by atoms with E-state index in [1.807, 2.05) is 0 Å². The van der Waals surface area contributed by atoms with Crippen LogP contribution in [-0.4, -0.2) is 8.07 Å². The van der Waals surface area contributed by atoms with E-state index < -0.39 is 8.07 Å². The molecule has 0 rings (SSSR count). The third kappa shape index (κ3) is 11.6. The fourth-order valence-corrected chi connectivity index (χ4v) is 2.27.